The van der Waals surface area contributed by atoms with E-state index in [4.69, 9.17) is 0 Å². The first-order chi connectivity index (χ1) is 8.11. The molecule has 1 aliphatic rings. The van der Waals surface area contributed by atoms with Gasteiger partial charge in [0.15, 0.2) is 0 Å². The molecule has 1 aliphatic heterocycles. The Balaban J connectivity index is 2.22. The molecule has 0 aliphatic carbocycles. The molecule has 1 atom stereocenters. The SMILES string of the molecule is COC(=O)c1ccc(N2CC[C@@H](O)C2)cc1O. The second-order valence-corrected chi connectivity index (χ2v) is 4.08. The number of phenols is 1. The van der Waals surface area contributed by atoms with Crippen molar-refractivity contribution in [2.45, 2.75) is 12.5 Å². The number of β-amino-alcohol motifs (C(OH)–C–C–N with tert-alkyl or cyclic N) is 1. The number of aliphatic hydroxyl groups is 1. The van der Waals surface area contributed by atoms with E-state index in [1.807, 2.05) is 4.90 Å². The highest BCUT2D eigenvalue weighted by Gasteiger charge is 2.21. The van der Waals surface area contributed by atoms with Gasteiger partial charge in [-0.15, -0.1) is 0 Å². The van der Waals surface area contributed by atoms with Gasteiger partial charge in [0.25, 0.3) is 0 Å². The molecule has 0 aromatic heterocycles. The van der Waals surface area contributed by atoms with Gasteiger partial charge < -0.3 is 19.8 Å². The fraction of sp³-hybridized carbons (Fsp3) is 0.417. The van der Waals surface area contributed by atoms with E-state index in [2.05, 4.69) is 4.74 Å². The number of methoxy groups -OCH3 is 1. The lowest BCUT2D eigenvalue weighted by Gasteiger charge is -2.18. The van der Waals surface area contributed by atoms with Crippen LogP contribution in [0.2, 0.25) is 0 Å². The van der Waals surface area contributed by atoms with Crippen molar-refractivity contribution in [1.82, 2.24) is 0 Å². The third-order valence-corrected chi connectivity index (χ3v) is 2.92. The Labute approximate surface area is 99.2 Å². The summed E-state index contributed by atoms with van der Waals surface area (Å²) < 4.78 is 4.55. The van der Waals surface area contributed by atoms with Crippen LogP contribution in [-0.2, 0) is 4.74 Å². The number of rotatable bonds is 2. The average molecular weight is 237 g/mol. The number of carbonyl (C=O) groups is 1. The molecule has 2 N–H and O–H groups in total. The molecular weight excluding hydrogens is 222 g/mol. The van der Waals surface area contributed by atoms with Crippen LogP contribution in [0.1, 0.15) is 16.8 Å². The standard InChI is InChI=1S/C12H15NO4/c1-17-12(16)10-3-2-8(6-11(10)15)13-5-4-9(14)7-13/h2-3,6,9,14-15H,4-5,7H2,1H3/t9-/m1/s1. The maximum Gasteiger partial charge on any atom is 0.341 e. The van der Waals surface area contributed by atoms with Crippen LogP contribution < -0.4 is 4.90 Å². The van der Waals surface area contributed by atoms with Crippen LogP contribution in [0.3, 0.4) is 0 Å². The van der Waals surface area contributed by atoms with Crippen LogP contribution in [0.5, 0.6) is 5.75 Å². The second kappa shape index (κ2) is 4.63. The van der Waals surface area contributed by atoms with Crippen molar-refractivity contribution < 1.29 is 19.7 Å². The Morgan fingerprint density at radius 3 is 2.82 bits per heavy atom. The lowest BCUT2D eigenvalue weighted by atomic mass is 10.1. The second-order valence-electron chi connectivity index (χ2n) is 4.08. The molecule has 17 heavy (non-hydrogen) atoms. The number of esters is 1. The highest BCUT2D eigenvalue weighted by atomic mass is 16.5. The maximum atomic E-state index is 11.3. The van der Waals surface area contributed by atoms with Gasteiger partial charge in [-0.25, -0.2) is 4.79 Å². The van der Waals surface area contributed by atoms with Crippen molar-refractivity contribution in [2.24, 2.45) is 0 Å². The van der Waals surface area contributed by atoms with E-state index < -0.39 is 5.97 Å². The highest BCUT2D eigenvalue weighted by Crippen LogP contribution is 2.27. The summed E-state index contributed by atoms with van der Waals surface area (Å²) in [6, 6.07) is 4.79. The number of hydrogen-bond acceptors (Lipinski definition) is 5. The van der Waals surface area contributed by atoms with Crippen LogP contribution >= 0.6 is 0 Å². The fourth-order valence-electron chi connectivity index (χ4n) is 1.98. The summed E-state index contributed by atoms with van der Waals surface area (Å²) in [6.07, 6.45) is 0.400. The van der Waals surface area contributed by atoms with Crippen molar-refractivity contribution in [3.8, 4) is 5.75 Å². The Hall–Kier alpha value is -1.75. The molecule has 1 heterocycles. The predicted octanol–water partition coefficient (Wildman–Crippen LogP) is 0.750. The number of aliphatic hydroxyl groups excluding tert-OH is 1. The van der Waals surface area contributed by atoms with Crippen LogP contribution in [0.15, 0.2) is 18.2 Å². The zero-order valence-corrected chi connectivity index (χ0v) is 9.59. The molecule has 0 amide bonds. The van der Waals surface area contributed by atoms with Crippen molar-refractivity contribution in [1.29, 1.82) is 0 Å². The minimum atomic E-state index is -0.560. The molecular formula is C12H15NO4. The van der Waals surface area contributed by atoms with Gasteiger partial charge in [0.1, 0.15) is 11.3 Å². The first-order valence-corrected chi connectivity index (χ1v) is 5.46. The quantitative estimate of drug-likeness (QED) is 0.743. The average Bonchev–Trinajstić information content (AvgIpc) is 2.75. The summed E-state index contributed by atoms with van der Waals surface area (Å²) in [4.78, 5) is 13.2. The predicted molar refractivity (Wildman–Crippen MR) is 62.3 cm³/mol. The number of ether oxygens (including phenoxy) is 1. The summed E-state index contributed by atoms with van der Waals surface area (Å²) in [5.41, 5.74) is 0.947. The van der Waals surface area contributed by atoms with Crippen molar-refractivity contribution in [2.75, 3.05) is 25.1 Å². The monoisotopic (exact) mass is 237 g/mol. The number of phenolic OH excluding ortho intramolecular Hbond substituents is 1. The highest BCUT2D eigenvalue weighted by molar-refractivity contribution is 5.92. The smallest absolute Gasteiger partial charge is 0.341 e. The summed E-state index contributed by atoms with van der Waals surface area (Å²) in [7, 11) is 1.27. The number of nitrogens with zero attached hydrogens (tertiary/aromatic N) is 1. The summed E-state index contributed by atoms with van der Waals surface area (Å²) in [6.45, 7) is 1.30. The van der Waals surface area contributed by atoms with Crippen LogP contribution in [0.4, 0.5) is 5.69 Å². The van der Waals surface area contributed by atoms with Crippen LogP contribution in [0.25, 0.3) is 0 Å². The zero-order valence-electron chi connectivity index (χ0n) is 9.59. The molecule has 2 rings (SSSR count). The number of hydrogen-bond donors (Lipinski definition) is 2. The van der Waals surface area contributed by atoms with Crippen molar-refractivity contribution >= 4 is 11.7 Å². The zero-order chi connectivity index (χ0) is 12.4. The van der Waals surface area contributed by atoms with Gasteiger partial charge >= 0.3 is 5.97 Å². The molecule has 0 saturated carbocycles. The molecule has 0 bridgehead atoms. The van der Waals surface area contributed by atoms with Crippen LogP contribution in [0, 0.1) is 0 Å². The fourth-order valence-corrected chi connectivity index (χ4v) is 1.98. The van der Waals surface area contributed by atoms with E-state index in [0.29, 0.717) is 6.54 Å². The largest absolute Gasteiger partial charge is 0.507 e. The van der Waals surface area contributed by atoms with Crippen molar-refractivity contribution in [3.05, 3.63) is 23.8 Å². The summed E-state index contributed by atoms with van der Waals surface area (Å²) >= 11 is 0. The molecule has 1 aromatic carbocycles. The van der Waals surface area contributed by atoms with Gasteiger partial charge in [-0.3, -0.25) is 0 Å². The summed E-state index contributed by atoms with van der Waals surface area (Å²) in [5.74, 6) is -0.661. The molecule has 0 radical (unpaired) electrons. The van der Waals surface area contributed by atoms with Gasteiger partial charge in [0, 0.05) is 24.8 Å². The van der Waals surface area contributed by atoms with E-state index in [1.165, 1.54) is 19.2 Å². The van der Waals surface area contributed by atoms with Crippen LogP contribution in [-0.4, -0.2) is 42.5 Å². The minimum Gasteiger partial charge on any atom is -0.507 e. The third kappa shape index (κ3) is 2.34. The third-order valence-electron chi connectivity index (χ3n) is 2.92. The van der Waals surface area contributed by atoms with E-state index in [9.17, 15) is 15.0 Å². The Kier molecular flexibility index (Phi) is 3.19. The summed E-state index contributed by atoms with van der Waals surface area (Å²) in [5, 5.41) is 19.2. The molecule has 5 nitrogen and oxygen atoms in total. The van der Waals surface area contributed by atoms with E-state index >= 15 is 0 Å². The van der Waals surface area contributed by atoms with Gasteiger partial charge in [-0.1, -0.05) is 0 Å². The van der Waals surface area contributed by atoms with Crippen molar-refractivity contribution in [3.63, 3.8) is 0 Å². The van der Waals surface area contributed by atoms with Gasteiger partial charge in [0.05, 0.1) is 13.2 Å². The molecule has 1 saturated heterocycles. The number of aromatic hydroxyl groups is 1. The lowest BCUT2D eigenvalue weighted by molar-refractivity contribution is 0.0597. The molecule has 1 fully saturated rings. The normalized spacial score (nSPS) is 19.4. The van der Waals surface area contributed by atoms with E-state index in [-0.39, 0.29) is 17.4 Å². The number of benzene rings is 1. The maximum absolute atomic E-state index is 11.3. The topological polar surface area (TPSA) is 70.0 Å². The Bertz CT molecular complexity index is 433. The molecule has 0 unspecified atom stereocenters. The molecule has 1 aromatic rings. The van der Waals surface area contributed by atoms with E-state index in [0.717, 1.165) is 18.7 Å². The first kappa shape index (κ1) is 11.7. The van der Waals surface area contributed by atoms with Gasteiger partial charge in [-0.05, 0) is 18.6 Å². The minimum absolute atomic E-state index is 0.101. The molecule has 0 spiro atoms. The number of carbonyl (C=O) groups excluding carboxylic acids is 1. The number of anilines is 1. The molecule has 92 valence electrons. The van der Waals surface area contributed by atoms with Gasteiger partial charge in [-0.2, -0.15) is 0 Å². The Morgan fingerprint density at radius 1 is 1.53 bits per heavy atom. The van der Waals surface area contributed by atoms with E-state index in [1.54, 1.807) is 6.07 Å². The van der Waals surface area contributed by atoms with Gasteiger partial charge in [0.2, 0.25) is 0 Å². The molecule has 5 heteroatoms. The first-order valence-electron chi connectivity index (χ1n) is 5.46. The lowest BCUT2D eigenvalue weighted by Crippen LogP contribution is -2.21. The Morgan fingerprint density at radius 2 is 2.29 bits per heavy atom.